The summed E-state index contributed by atoms with van der Waals surface area (Å²) in [4.78, 5) is 13.2. The van der Waals surface area contributed by atoms with E-state index in [0.29, 0.717) is 29.1 Å². The number of benzene rings is 1. The van der Waals surface area contributed by atoms with Crippen LogP contribution < -0.4 is 5.73 Å². The average molecular weight is 361 g/mol. The Bertz CT molecular complexity index is 1100. The zero-order valence-electron chi connectivity index (χ0n) is 15.0. The molecular formula is C19H19N7O. The highest BCUT2D eigenvalue weighted by molar-refractivity contribution is 5.87. The first-order valence-electron chi connectivity index (χ1n) is 8.53. The Hall–Kier alpha value is -3.39. The summed E-state index contributed by atoms with van der Waals surface area (Å²) in [6.07, 6.45) is 0. The molecule has 4 aromatic rings. The Balaban J connectivity index is 1.78. The minimum absolute atomic E-state index is 0.156. The Morgan fingerprint density at radius 3 is 2.52 bits per heavy atom. The van der Waals surface area contributed by atoms with Gasteiger partial charge in [-0.25, -0.2) is 9.67 Å². The predicted molar refractivity (Wildman–Crippen MR) is 102 cm³/mol. The maximum Gasteiger partial charge on any atom is 0.222 e. The number of rotatable bonds is 4. The zero-order chi connectivity index (χ0) is 19.0. The van der Waals surface area contributed by atoms with Gasteiger partial charge in [0.1, 0.15) is 11.3 Å². The molecule has 0 aliphatic heterocycles. The van der Waals surface area contributed by atoms with Crippen LogP contribution in [0, 0.1) is 0 Å². The van der Waals surface area contributed by atoms with Crippen LogP contribution in [-0.2, 0) is 12.1 Å². The van der Waals surface area contributed by atoms with Crippen LogP contribution in [0.1, 0.15) is 25.2 Å². The van der Waals surface area contributed by atoms with Crippen molar-refractivity contribution in [3.8, 4) is 11.3 Å². The number of anilines is 1. The fourth-order valence-electron chi connectivity index (χ4n) is 2.84. The van der Waals surface area contributed by atoms with Gasteiger partial charge in [-0.1, -0.05) is 41.6 Å². The van der Waals surface area contributed by atoms with E-state index in [9.17, 15) is 5.11 Å². The molecule has 4 rings (SSSR count). The highest BCUT2D eigenvalue weighted by atomic mass is 16.3. The van der Waals surface area contributed by atoms with E-state index in [2.05, 4.69) is 25.3 Å². The van der Waals surface area contributed by atoms with E-state index >= 15 is 0 Å². The van der Waals surface area contributed by atoms with Gasteiger partial charge >= 0.3 is 0 Å². The van der Waals surface area contributed by atoms with E-state index in [1.54, 1.807) is 24.6 Å². The third-order valence-corrected chi connectivity index (χ3v) is 4.17. The molecule has 1 aromatic carbocycles. The Labute approximate surface area is 155 Å². The van der Waals surface area contributed by atoms with E-state index in [1.165, 1.54) is 0 Å². The average Bonchev–Trinajstić information content (AvgIpc) is 3.04. The van der Waals surface area contributed by atoms with Crippen LogP contribution in [-0.4, -0.2) is 35.1 Å². The van der Waals surface area contributed by atoms with Gasteiger partial charge in [-0.05, 0) is 26.0 Å². The maximum absolute atomic E-state index is 10.2. The van der Waals surface area contributed by atoms with Crippen molar-refractivity contribution in [3.05, 3.63) is 59.9 Å². The van der Waals surface area contributed by atoms with Gasteiger partial charge in [0.05, 0.1) is 17.9 Å². The smallest absolute Gasteiger partial charge is 0.222 e. The summed E-state index contributed by atoms with van der Waals surface area (Å²) in [6.45, 7) is 3.75. The molecule has 0 fully saturated rings. The number of pyridine rings is 1. The lowest BCUT2D eigenvalue weighted by molar-refractivity contribution is 0.0736. The topological polar surface area (TPSA) is 116 Å². The third kappa shape index (κ3) is 3.34. The van der Waals surface area contributed by atoms with Crippen LogP contribution in [0.4, 0.5) is 5.95 Å². The minimum Gasteiger partial charge on any atom is -0.384 e. The molecule has 3 N–H and O–H groups in total. The van der Waals surface area contributed by atoms with Gasteiger partial charge in [-0.2, -0.15) is 4.98 Å². The van der Waals surface area contributed by atoms with Crippen molar-refractivity contribution in [2.75, 3.05) is 5.73 Å². The van der Waals surface area contributed by atoms with E-state index in [0.717, 1.165) is 11.3 Å². The third-order valence-electron chi connectivity index (χ3n) is 4.17. The first-order chi connectivity index (χ1) is 12.9. The highest BCUT2D eigenvalue weighted by Crippen LogP contribution is 2.25. The Kier molecular flexibility index (Phi) is 4.04. The molecule has 8 heteroatoms. The number of nitrogens with zero attached hydrogens (tertiary/aromatic N) is 6. The number of hydrogen-bond donors (Lipinski definition) is 2. The molecule has 8 nitrogen and oxygen atoms in total. The van der Waals surface area contributed by atoms with Crippen LogP contribution in [0.3, 0.4) is 0 Å². The molecule has 136 valence electrons. The van der Waals surface area contributed by atoms with Gasteiger partial charge in [0, 0.05) is 5.56 Å². The molecule has 0 amide bonds. The molecule has 0 bridgehead atoms. The number of hydrogen-bond acceptors (Lipinski definition) is 7. The van der Waals surface area contributed by atoms with Crippen LogP contribution in [0.5, 0.6) is 0 Å². The minimum atomic E-state index is -1.02. The summed E-state index contributed by atoms with van der Waals surface area (Å²) >= 11 is 0. The molecule has 0 spiro atoms. The largest absolute Gasteiger partial charge is 0.384 e. The van der Waals surface area contributed by atoms with Crippen LogP contribution in [0.2, 0.25) is 0 Å². The lowest BCUT2D eigenvalue weighted by Crippen LogP contribution is -2.18. The summed E-state index contributed by atoms with van der Waals surface area (Å²) in [5, 5.41) is 18.7. The molecule has 27 heavy (non-hydrogen) atoms. The number of aliphatic hydroxyl groups is 1. The molecule has 0 unspecified atom stereocenters. The second-order valence-corrected chi connectivity index (χ2v) is 6.79. The standard InChI is InChI=1S/C19H19N7O/c1-19(2,27)14-10-6-9-13(21-14)11-26-17-16(24-25-26)15(22-18(20)23-17)12-7-4-3-5-8-12/h3-10,27H,11H2,1-2H3,(H2,20,22,23). The summed E-state index contributed by atoms with van der Waals surface area (Å²) in [7, 11) is 0. The van der Waals surface area contributed by atoms with Crippen molar-refractivity contribution in [1.29, 1.82) is 0 Å². The fraction of sp³-hybridized carbons (Fsp3) is 0.211. The van der Waals surface area contributed by atoms with Crippen molar-refractivity contribution in [3.63, 3.8) is 0 Å². The van der Waals surface area contributed by atoms with Crippen molar-refractivity contribution in [1.82, 2.24) is 29.9 Å². The van der Waals surface area contributed by atoms with Crippen molar-refractivity contribution in [2.45, 2.75) is 26.0 Å². The monoisotopic (exact) mass is 361 g/mol. The van der Waals surface area contributed by atoms with Gasteiger partial charge in [-0.15, -0.1) is 5.10 Å². The first-order valence-corrected chi connectivity index (χ1v) is 8.53. The number of nitrogen functional groups attached to an aromatic ring is 1. The number of fused-ring (bicyclic) bond motifs is 1. The van der Waals surface area contributed by atoms with Gasteiger partial charge in [0.25, 0.3) is 0 Å². The fourth-order valence-corrected chi connectivity index (χ4v) is 2.84. The number of aromatic nitrogens is 6. The van der Waals surface area contributed by atoms with Crippen molar-refractivity contribution >= 4 is 17.1 Å². The molecule has 3 aromatic heterocycles. The quantitative estimate of drug-likeness (QED) is 0.572. The molecular weight excluding hydrogens is 342 g/mol. The summed E-state index contributed by atoms with van der Waals surface area (Å²) in [6, 6.07) is 15.2. The molecule has 0 saturated heterocycles. The molecule has 3 heterocycles. The second-order valence-electron chi connectivity index (χ2n) is 6.79. The van der Waals surface area contributed by atoms with Gasteiger partial charge in [-0.3, -0.25) is 4.98 Å². The van der Waals surface area contributed by atoms with Crippen LogP contribution >= 0.6 is 0 Å². The van der Waals surface area contributed by atoms with Gasteiger partial charge in [0.2, 0.25) is 5.95 Å². The summed E-state index contributed by atoms with van der Waals surface area (Å²) < 4.78 is 1.64. The Morgan fingerprint density at radius 1 is 1.00 bits per heavy atom. The lowest BCUT2D eigenvalue weighted by Gasteiger charge is -2.17. The normalized spacial score (nSPS) is 11.8. The van der Waals surface area contributed by atoms with Gasteiger partial charge < -0.3 is 10.8 Å². The Morgan fingerprint density at radius 2 is 1.78 bits per heavy atom. The van der Waals surface area contributed by atoms with Crippen molar-refractivity contribution < 1.29 is 5.11 Å². The molecule has 0 radical (unpaired) electrons. The highest BCUT2D eigenvalue weighted by Gasteiger charge is 2.19. The molecule has 0 saturated carbocycles. The molecule has 0 atom stereocenters. The second kappa shape index (κ2) is 6.40. The SMILES string of the molecule is CC(C)(O)c1cccc(Cn2nnc3c(-c4ccccc4)nc(N)nc32)n1. The predicted octanol–water partition coefficient (Wildman–Crippen LogP) is 2.14. The van der Waals surface area contributed by atoms with Crippen LogP contribution in [0.25, 0.3) is 22.4 Å². The molecule has 0 aliphatic rings. The van der Waals surface area contributed by atoms with Crippen LogP contribution in [0.15, 0.2) is 48.5 Å². The first kappa shape index (κ1) is 17.0. The zero-order valence-corrected chi connectivity index (χ0v) is 15.0. The molecule has 0 aliphatic carbocycles. The van der Waals surface area contributed by atoms with E-state index in [-0.39, 0.29) is 5.95 Å². The van der Waals surface area contributed by atoms with Gasteiger partial charge in [0.15, 0.2) is 11.2 Å². The summed E-state index contributed by atoms with van der Waals surface area (Å²) in [5.74, 6) is 0.156. The summed E-state index contributed by atoms with van der Waals surface area (Å²) in [5.41, 5.74) is 8.88. The van der Waals surface area contributed by atoms with E-state index < -0.39 is 5.60 Å². The lowest BCUT2D eigenvalue weighted by atomic mass is 10.0. The van der Waals surface area contributed by atoms with E-state index in [1.807, 2.05) is 42.5 Å². The maximum atomic E-state index is 10.2. The number of nitrogens with two attached hydrogens (primary N) is 1. The van der Waals surface area contributed by atoms with E-state index in [4.69, 9.17) is 5.73 Å². The van der Waals surface area contributed by atoms with Crippen molar-refractivity contribution in [2.24, 2.45) is 0 Å².